The van der Waals surface area contributed by atoms with E-state index in [1.807, 2.05) is 7.05 Å². The Morgan fingerprint density at radius 2 is 2.00 bits per heavy atom. The van der Waals surface area contributed by atoms with Crippen LogP contribution in [-0.4, -0.2) is 53.6 Å². The van der Waals surface area contributed by atoms with Gasteiger partial charge >= 0.3 is 12.0 Å². The lowest BCUT2D eigenvalue weighted by Crippen LogP contribution is -2.54. The van der Waals surface area contributed by atoms with Crippen LogP contribution in [0.1, 0.15) is 32.6 Å². The van der Waals surface area contributed by atoms with E-state index in [1.54, 1.807) is 9.80 Å². The number of amides is 2. The van der Waals surface area contributed by atoms with Crippen LogP contribution in [0.15, 0.2) is 0 Å². The quantitative estimate of drug-likeness (QED) is 0.720. The SMILES string of the molecule is CCCCCN(C)C(=O)N1CC(CC(=O)O)C1. The lowest BCUT2D eigenvalue weighted by molar-refractivity contribution is -0.139. The summed E-state index contributed by atoms with van der Waals surface area (Å²) in [7, 11) is 1.81. The molecule has 5 nitrogen and oxygen atoms in total. The number of carbonyl (C=O) groups is 2. The van der Waals surface area contributed by atoms with E-state index in [-0.39, 0.29) is 18.4 Å². The van der Waals surface area contributed by atoms with Gasteiger partial charge in [-0.1, -0.05) is 19.8 Å². The third-order valence-electron chi connectivity index (χ3n) is 3.11. The Balaban J connectivity index is 2.19. The number of carboxylic acid groups (broad SMARTS) is 1. The molecule has 0 aromatic heterocycles. The van der Waals surface area contributed by atoms with E-state index in [2.05, 4.69) is 6.92 Å². The molecule has 0 spiro atoms. The summed E-state index contributed by atoms with van der Waals surface area (Å²) in [5.41, 5.74) is 0. The second-order valence-electron chi connectivity index (χ2n) is 4.78. The summed E-state index contributed by atoms with van der Waals surface area (Å²) in [4.78, 5) is 25.8. The smallest absolute Gasteiger partial charge is 0.319 e. The first kappa shape index (κ1) is 13.8. The number of unbranched alkanes of at least 4 members (excludes halogenated alkanes) is 2. The summed E-state index contributed by atoms with van der Waals surface area (Å²) >= 11 is 0. The first-order valence-corrected chi connectivity index (χ1v) is 6.26. The van der Waals surface area contributed by atoms with Crippen molar-refractivity contribution < 1.29 is 14.7 Å². The third kappa shape index (κ3) is 4.24. The number of nitrogens with zero attached hydrogens (tertiary/aromatic N) is 2. The monoisotopic (exact) mass is 242 g/mol. The second kappa shape index (κ2) is 6.47. The highest BCUT2D eigenvalue weighted by Gasteiger charge is 2.33. The van der Waals surface area contributed by atoms with Crippen LogP contribution >= 0.6 is 0 Å². The van der Waals surface area contributed by atoms with Gasteiger partial charge in [0.2, 0.25) is 0 Å². The summed E-state index contributed by atoms with van der Waals surface area (Å²) in [6.45, 7) is 4.09. The van der Waals surface area contributed by atoms with Crippen LogP contribution in [0.3, 0.4) is 0 Å². The minimum absolute atomic E-state index is 0.0303. The van der Waals surface area contributed by atoms with Crippen molar-refractivity contribution in [1.29, 1.82) is 0 Å². The van der Waals surface area contributed by atoms with Crippen molar-refractivity contribution >= 4 is 12.0 Å². The summed E-state index contributed by atoms with van der Waals surface area (Å²) in [6, 6.07) is 0.0303. The number of aliphatic carboxylic acids is 1. The Morgan fingerprint density at radius 1 is 1.35 bits per heavy atom. The number of hydrogen-bond acceptors (Lipinski definition) is 2. The van der Waals surface area contributed by atoms with Crippen molar-refractivity contribution in [2.75, 3.05) is 26.7 Å². The summed E-state index contributed by atoms with van der Waals surface area (Å²) in [6.07, 6.45) is 3.49. The molecule has 1 rings (SSSR count). The lowest BCUT2D eigenvalue weighted by atomic mass is 9.97. The van der Waals surface area contributed by atoms with E-state index in [9.17, 15) is 9.59 Å². The van der Waals surface area contributed by atoms with Gasteiger partial charge in [-0.2, -0.15) is 0 Å². The zero-order valence-corrected chi connectivity index (χ0v) is 10.7. The van der Waals surface area contributed by atoms with Gasteiger partial charge in [-0.15, -0.1) is 0 Å². The molecular formula is C12H22N2O3. The summed E-state index contributed by atoms with van der Waals surface area (Å²) < 4.78 is 0. The molecule has 0 saturated carbocycles. The average molecular weight is 242 g/mol. The number of urea groups is 1. The molecule has 98 valence electrons. The maximum Gasteiger partial charge on any atom is 0.319 e. The number of carbonyl (C=O) groups excluding carboxylic acids is 1. The summed E-state index contributed by atoms with van der Waals surface area (Å²) in [5.74, 6) is -0.640. The van der Waals surface area contributed by atoms with Crippen molar-refractivity contribution in [1.82, 2.24) is 9.80 Å². The molecule has 0 radical (unpaired) electrons. The van der Waals surface area contributed by atoms with Crippen LogP contribution in [0.2, 0.25) is 0 Å². The molecule has 0 bridgehead atoms. The van der Waals surface area contributed by atoms with Crippen LogP contribution < -0.4 is 0 Å². The normalized spacial score (nSPS) is 15.5. The van der Waals surface area contributed by atoms with Gasteiger partial charge in [0, 0.05) is 32.6 Å². The molecular weight excluding hydrogens is 220 g/mol. The van der Waals surface area contributed by atoms with Crippen molar-refractivity contribution in [3.8, 4) is 0 Å². The summed E-state index contributed by atoms with van der Waals surface area (Å²) in [5, 5.41) is 8.61. The molecule has 1 N–H and O–H groups in total. The van der Waals surface area contributed by atoms with Crippen molar-refractivity contribution in [2.24, 2.45) is 5.92 Å². The van der Waals surface area contributed by atoms with Gasteiger partial charge in [0.05, 0.1) is 6.42 Å². The van der Waals surface area contributed by atoms with Gasteiger partial charge < -0.3 is 14.9 Å². The Labute approximate surface area is 102 Å². The fourth-order valence-electron chi connectivity index (χ4n) is 2.04. The molecule has 2 amide bonds. The van der Waals surface area contributed by atoms with Gasteiger partial charge in [-0.3, -0.25) is 4.79 Å². The maximum absolute atomic E-state index is 11.9. The van der Waals surface area contributed by atoms with Crippen LogP contribution in [0.4, 0.5) is 4.79 Å². The topological polar surface area (TPSA) is 60.9 Å². The molecule has 0 atom stereocenters. The predicted molar refractivity (Wildman–Crippen MR) is 64.9 cm³/mol. The molecule has 17 heavy (non-hydrogen) atoms. The highest BCUT2D eigenvalue weighted by atomic mass is 16.4. The lowest BCUT2D eigenvalue weighted by Gasteiger charge is -2.40. The fourth-order valence-corrected chi connectivity index (χ4v) is 2.04. The van der Waals surface area contributed by atoms with Gasteiger partial charge in [0.25, 0.3) is 0 Å². The number of carboxylic acids is 1. The van der Waals surface area contributed by atoms with E-state index in [1.165, 1.54) is 0 Å². The molecule has 1 heterocycles. The first-order chi connectivity index (χ1) is 8.04. The van der Waals surface area contributed by atoms with Crippen molar-refractivity contribution in [2.45, 2.75) is 32.6 Å². The molecule has 1 aliphatic heterocycles. The Kier molecular flexibility index (Phi) is 5.25. The molecule has 1 aliphatic rings. The minimum Gasteiger partial charge on any atom is -0.481 e. The fraction of sp³-hybridized carbons (Fsp3) is 0.833. The average Bonchev–Trinajstić information content (AvgIpc) is 2.21. The Hall–Kier alpha value is -1.26. The molecule has 0 aromatic rings. The Bertz CT molecular complexity index is 275. The van der Waals surface area contributed by atoms with E-state index in [0.717, 1.165) is 25.8 Å². The van der Waals surface area contributed by atoms with E-state index < -0.39 is 5.97 Å². The zero-order chi connectivity index (χ0) is 12.8. The molecule has 0 unspecified atom stereocenters. The highest BCUT2D eigenvalue weighted by molar-refractivity contribution is 5.75. The molecule has 0 aromatic carbocycles. The van der Waals surface area contributed by atoms with Gasteiger partial charge in [0.1, 0.15) is 0 Å². The van der Waals surface area contributed by atoms with E-state index in [0.29, 0.717) is 13.1 Å². The minimum atomic E-state index is -0.779. The second-order valence-corrected chi connectivity index (χ2v) is 4.78. The predicted octanol–water partition coefficient (Wildman–Crippen LogP) is 1.63. The molecule has 0 aliphatic carbocycles. The van der Waals surface area contributed by atoms with Crippen molar-refractivity contribution in [3.63, 3.8) is 0 Å². The Morgan fingerprint density at radius 3 is 2.53 bits per heavy atom. The third-order valence-corrected chi connectivity index (χ3v) is 3.11. The standard InChI is InChI=1S/C12H22N2O3/c1-3-4-5-6-13(2)12(17)14-8-10(9-14)7-11(15)16/h10H,3-9H2,1-2H3,(H,15,16). The van der Waals surface area contributed by atoms with Crippen LogP contribution in [0.5, 0.6) is 0 Å². The van der Waals surface area contributed by atoms with Gasteiger partial charge in [-0.05, 0) is 6.42 Å². The van der Waals surface area contributed by atoms with E-state index >= 15 is 0 Å². The van der Waals surface area contributed by atoms with Gasteiger partial charge in [-0.25, -0.2) is 4.79 Å². The van der Waals surface area contributed by atoms with Crippen LogP contribution in [0.25, 0.3) is 0 Å². The molecule has 5 heteroatoms. The van der Waals surface area contributed by atoms with Gasteiger partial charge in [0.15, 0.2) is 0 Å². The van der Waals surface area contributed by atoms with E-state index in [4.69, 9.17) is 5.11 Å². The highest BCUT2D eigenvalue weighted by Crippen LogP contribution is 2.20. The number of likely N-dealkylation sites (tertiary alicyclic amines) is 1. The number of hydrogen-bond donors (Lipinski definition) is 1. The van der Waals surface area contributed by atoms with Crippen molar-refractivity contribution in [3.05, 3.63) is 0 Å². The first-order valence-electron chi connectivity index (χ1n) is 6.26. The largest absolute Gasteiger partial charge is 0.481 e. The molecule has 1 fully saturated rings. The number of rotatable bonds is 6. The van der Waals surface area contributed by atoms with Crippen LogP contribution in [0, 0.1) is 5.92 Å². The zero-order valence-electron chi connectivity index (χ0n) is 10.7. The maximum atomic E-state index is 11.9. The van der Waals surface area contributed by atoms with Crippen LogP contribution in [-0.2, 0) is 4.79 Å². The molecule has 1 saturated heterocycles.